The summed E-state index contributed by atoms with van der Waals surface area (Å²) in [6.07, 6.45) is 5.24. The Morgan fingerprint density at radius 1 is 1.17 bits per heavy atom. The number of carbonyl (C=O) groups excluding carboxylic acids is 2. The number of rotatable bonds is 9. The van der Waals surface area contributed by atoms with E-state index in [0.29, 0.717) is 12.8 Å². The summed E-state index contributed by atoms with van der Waals surface area (Å²) in [6, 6.07) is -0.251. The summed E-state index contributed by atoms with van der Waals surface area (Å²) >= 11 is 0. The molecule has 3 N–H and O–H groups in total. The van der Waals surface area contributed by atoms with Gasteiger partial charge in [0, 0.05) is 23.9 Å². The first-order chi connectivity index (χ1) is 10.8. The Balaban J connectivity index is 2.49. The highest BCUT2D eigenvalue weighted by molar-refractivity contribution is 5.82. The number of carboxylic acid groups (broad SMARTS) is 1. The molecule has 1 unspecified atom stereocenters. The van der Waals surface area contributed by atoms with Crippen molar-refractivity contribution in [2.24, 2.45) is 5.92 Å². The van der Waals surface area contributed by atoms with Crippen LogP contribution in [0.4, 0.5) is 0 Å². The maximum atomic E-state index is 12.2. The maximum Gasteiger partial charge on any atom is 0.305 e. The summed E-state index contributed by atoms with van der Waals surface area (Å²) < 4.78 is 0. The molecular weight excluding hydrogens is 296 g/mol. The van der Waals surface area contributed by atoms with Gasteiger partial charge < -0.3 is 15.7 Å². The number of hydrogen-bond acceptors (Lipinski definition) is 3. The van der Waals surface area contributed by atoms with Crippen molar-refractivity contribution in [2.45, 2.75) is 83.7 Å². The molecule has 0 aromatic heterocycles. The topological polar surface area (TPSA) is 95.5 Å². The predicted octanol–water partition coefficient (Wildman–Crippen LogP) is 2.22. The molecule has 6 nitrogen and oxygen atoms in total. The lowest BCUT2D eigenvalue weighted by Crippen LogP contribution is -2.50. The van der Waals surface area contributed by atoms with Gasteiger partial charge in [0.25, 0.3) is 0 Å². The molecule has 0 radical (unpaired) electrons. The normalized spacial score (nSPS) is 16.8. The van der Waals surface area contributed by atoms with Gasteiger partial charge in [-0.2, -0.15) is 0 Å². The van der Waals surface area contributed by atoms with Crippen molar-refractivity contribution in [1.82, 2.24) is 10.6 Å². The Bertz CT molecular complexity index is 426. The van der Waals surface area contributed by atoms with Crippen molar-refractivity contribution >= 4 is 17.8 Å². The van der Waals surface area contributed by atoms with Gasteiger partial charge in [0.1, 0.15) is 0 Å². The van der Waals surface area contributed by atoms with E-state index in [2.05, 4.69) is 10.6 Å². The molecule has 23 heavy (non-hydrogen) atoms. The van der Waals surface area contributed by atoms with Crippen molar-refractivity contribution in [2.75, 3.05) is 0 Å². The van der Waals surface area contributed by atoms with Crippen LogP contribution in [0, 0.1) is 5.92 Å². The Morgan fingerprint density at radius 2 is 1.74 bits per heavy atom. The van der Waals surface area contributed by atoms with Crippen LogP contribution in [0.2, 0.25) is 0 Å². The highest BCUT2D eigenvalue weighted by Crippen LogP contribution is 2.25. The van der Waals surface area contributed by atoms with E-state index in [1.54, 1.807) is 0 Å². The van der Waals surface area contributed by atoms with Crippen LogP contribution in [-0.2, 0) is 14.4 Å². The Hall–Kier alpha value is -1.59. The van der Waals surface area contributed by atoms with E-state index in [1.165, 1.54) is 0 Å². The van der Waals surface area contributed by atoms with Gasteiger partial charge in [-0.25, -0.2) is 0 Å². The first-order valence-electron chi connectivity index (χ1n) is 8.65. The molecule has 132 valence electrons. The minimum absolute atomic E-state index is 0.0329. The van der Waals surface area contributed by atoms with E-state index in [9.17, 15) is 14.4 Å². The molecule has 0 saturated heterocycles. The van der Waals surface area contributed by atoms with E-state index < -0.39 is 11.5 Å². The molecule has 1 aliphatic rings. The van der Waals surface area contributed by atoms with Gasteiger partial charge in [0.2, 0.25) is 11.8 Å². The third-order valence-corrected chi connectivity index (χ3v) is 4.85. The van der Waals surface area contributed by atoms with E-state index in [4.69, 9.17) is 5.11 Å². The van der Waals surface area contributed by atoms with E-state index in [0.717, 1.165) is 25.7 Å². The molecule has 6 heteroatoms. The number of aliphatic carboxylic acids is 1. The zero-order valence-electron chi connectivity index (χ0n) is 14.5. The number of nitrogens with one attached hydrogen (secondary N) is 2. The Labute approximate surface area is 138 Å². The predicted molar refractivity (Wildman–Crippen MR) is 87.9 cm³/mol. The van der Waals surface area contributed by atoms with E-state index >= 15 is 0 Å². The Kier molecular flexibility index (Phi) is 7.52. The zero-order chi connectivity index (χ0) is 17.5. The van der Waals surface area contributed by atoms with Crippen molar-refractivity contribution < 1.29 is 19.5 Å². The van der Waals surface area contributed by atoms with Crippen LogP contribution >= 0.6 is 0 Å². The molecule has 0 heterocycles. The van der Waals surface area contributed by atoms with Gasteiger partial charge in [0.15, 0.2) is 0 Å². The van der Waals surface area contributed by atoms with Gasteiger partial charge in [-0.05, 0) is 32.6 Å². The first-order valence-corrected chi connectivity index (χ1v) is 8.65. The van der Waals surface area contributed by atoms with Crippen LogP contribution in [0.25, 0.3) is 0 Å². The van der Waals surface area contributed by atoms with Crippen molar-refractivity contribution in [3.8, 4) is 0 Å². The molecule has 1 fully saturated rings. The summed E-state index contributed by atoms with van der Waals surface area (Å²) in [5, 5.41) is 14.8. The van der Waals surface area contributed by atoms with Crippen LogP contribution in [0.15, 0.2) is 0 Å². The molecule has 0 aliphatic heterocycles. The van der Waals surface area contributed by atoms with Crippen molar-refractivity contribution in [3.63, 3.8) is 0 Å². The van der Waals surface area contributed by atoms with Crippen molar-refractivity contribution in [3.05, 3.63) is 0 Å². The molecule has 0 aromatic carbocycles. The Morgan fingerprint density at radius 3 is 2.22 bits per heavy atom. The number of amides is 2. The van der Waals surface area contributed by atoms with Gasteiger partial charge in [-0.3, -0.25) is 14.4 Å². The minimum atomic E-state index is -0.920. The number of carbonyl (C=O) groups is 3. The molecular formula is C17H30N2O4. The minimum Gasteiger partial charge on any atom is -0.481 e. The summed E-state index contributed by atoms with van der Waals surface area (Å²) in [4.78, 5) is 35.3. The smallest absolute Gasteiger partial charge is 0.305 e. The lowest BCUT2D eigenvalue weighted by Gasteiger charge is -2.32. The molecule has 0 aromatic rings. The summed E-state index contributed by atoms with van der Waals surface area (Å²) in [5.41, 5.74) is -0.710. The SMILES string of the molecule is CCC(CC)(CC(=O)O)NC(=O)CC(C)NC(=O)C1CCCC1. The van der Waals surface area contributed by atoms with Crippen LogP contribution in [0.1, 0.15) is 72.1 Å². The summed E-state index contributed by atoms with van der Waals surface area (Å²) in [5.74, 6) is -1.02. The largest absolute Gasteiger partial charge is 0.481 e. The lowest BCUT2D eigenvalue weighted by molar-refractivity contribution is -0.139. The highest BCUT2D eigenvalue weighted by Gasteiger charge is 2.31. The zero-order valence-corrected chi connectivity index (χ0v) is 14.5. The van der Waals surface area contributed by atoms with Crippen LogP contribution in [0.5, 0.6) is 0 Å². The van der Waals surface area contributed by atoms with E-state index in [1.807, 2.05) is 20.8 Å². The van der Waals surface area contributed by atoms with Crippen LogP contribution in [0.3, 0.4) is 0 Å². The summed E-state index contributed by atoms with van der Waals surface area (Å²) in [6.45, 7) is 5.55. The van der Waals surface area contributed by atoms with E-state index in [-0.39, 0.29) is 36.6 Å². The van der Waals surface area contributed by atoms with Gasteiger partial charge in [-0.1, -0.05) is 26.7 Å². The molecule has 1 saturated carbocycles. The molecule has 1 aliphatic carbocycles. The second-order valence-corrected chi connectivity index (χ2v) is 6.70. The van der Waals surface area contributed by atoms with Crippen LogP contribution < -0.4 is 10.6 Å². The third-order valence-electron chi connectivity index (χ3n) is 4.85. The fraction of sp³-hybridized carbons (Fsp3) is 0.824. The average Bonchev–Trinajstić information content (AvgIpc) is 2.99. The van der Waals surface area contributed by atoms with Gasteiger partial charge in [-0.15, -0.1) is 0 Å². The second-order valence-electron chi connectivity index (χ2n) is 6.70. The van der Waals surface area contributed by atoms with Crippen LogP contribution in [-0.4, -0.2) is 34.5 Å². The lowest BCUT2D eigenvalue weighted by atomic mass is 9.88. The molecule has 0 bridgehead atoms. The monoisotopic (exact) mass is 326 g/mol. The molecule has 2 amide bonds. The van der Waals surface area contributed by atoms with Gasteiger partial charge in [0.05, 0.1) is 6.42 Å². The second kappa shape index (κ2) is 8.89. The molecule has 1 rings (SSSR count). The molecule has 0 spiro atoms. The number of carboxylic acids is 1. The highest BCUT2D eigenvalue weighted by atomic mass is 16.4. The standard InChI is InChI=1S/C17H30N2O4/c1-4-17(5-2,11-15(21)22)19-14(20)10-12(3)18-16(23)13-8-6-7-9-13/h12-13H,4-11H2,1-3H3,(H,18,23)(H,19,20)(H,21,22). The fourth-order valence-corrected chi connectivity index (χ4v) is 3.24. The fourth-order valence-electron chi connectivity index (χ4n) is 3.24. The summed E-state index contributed by atoms with van der Waals surface area (Å²) in [7, 11) is 0. The number of hydrogen-bond donors (Lipinski definition) is 3. The van der Waals surface area contributed by atoms with Gasteiger partial charge >= 0.3 is 5.97 Å². The third kappa shape index (κ3) is 6.20. The first kappa shape index (κ1) is 19.5. The molecule has 1 atom stereocenters. The van der Waals surface area contributed by atoms with Crippen molar-refractivity contribution in [1.29, 1.82) is 0 Å². The average molecular weight is 326 g/mol. The maximum absolute atomic E-state index is 12.2. The quantitative estimate of drug-likeness (QED) is 0.605.